The first-order valence-electron chi connectivity index (χ1n) is 7.93. The van der Waals surface area contributed by atoms with Crippen molar-refractivity contribution in [2.45, 2.75) is 51.4 Å². The van der Waals surface area contributed by atoms with Crippen LogP contribution in [0.15, 0.2) is 6.07 Å². The SMILES string of the molecule is COC(=O)c1cc2c3c(c1O)C(C)(C)CCN3CCC2(C)C. The number of methoxy groups -OCH3 is 1. The Morgan fingerprint density at radius 2 is 1.77 bits per heavy atom. The fourth-order valence-electron chi connectivity index (χ4n) is 3.84. The molecule has 1 N–H and O–H groups in total. The maximum Gasteiger partial charge on any atom is 0.341 e. The van der Waals surface area contributed by atoms with Gasteiger partial charge in [0.25, 0.3) is 0 Å². The van der Waals surface area contributed by atoms with E-state index in [2.05, 4.69) is 32.6 Å². The number of hydrogen-bond donors (Lipinski definition) is 1. The predicted octanol–water partition coefficient (Wildman–Crippen LogP) is 3.35. The van der Waals surface area contributed by atoms with Crippen LogP contribution < -0.4 is 4.90 Å². The fraction of sp³-hybridized carbons (Fsp3) is 0.611. The van der Waals surface area contributed by atoms with Gasteiger partial charge in [0.2, 0.25) is 0 Å². The largest absolute Gasteiger partial charge is 0.507 e. The van der Waals surface area contributed by atoms with E-state index in [1.165, 1.54) is 7.11 Å². The van der Waals surface area contributed by atoms with Crippen LogP contribution >= 0.6 is 0 Å². The highest BCUT2D eigenvalue weighted by Gasteiger charge is 2.43. The number of esters is 1. The Morgan fingerprint density at radius 3 is 2.36 bits per heavy atom. The first-order chi connectivity index (χ1) is 10.2. The van der Waals surface area contributed by atoms with Crippen LogP contribution in [-0.2, 0) is 15.6 Å². The van der Waals surface area contributed by atoms with Gasteiger partial charge in [0, 0.05) is 24.3 Å². The zero-order valence-corrected chi connectivity index (χ0v) is 14.1. The molecule has 0 saturated carbocycles. The van der Waals surface area contributed by atoms with E-state index < -0.39 is 5.97 Å². The molecule has 0 fully saturated rings. The Bertz CT molecular complexity index is 644. The van der Waals surface area contributed by atoms with E-state index in [0.29, 0.717) is 5.56 Å². The highest BCUT2D eigenvalue weighted by atomic mass is 16.5. The Morgan fingerprint density at radius 1 is 1.18 bits per heavy atom. The minimum Gasteiger partial charge on any atom is -0.507 e. The molecule has 2 aliphatic rings. The maximum atomic E-state index is 12.1. The topological polar surface area (TPSA) is 49.8 Å². The monoisotopic (exact) mass is 303 g/mol. The number of hydrogen-bond acceptors (Lipinski definition) is 4. The van der Waals surface area contributed by atoms with Crippen LogP contribution in [0.25, 0.3) is 0 Å². The summed E-state index contributed by atoms with van der Waals surface area (Å²) in [4.78, 5) is 14.5. The van der Waals surface area contributed by atoms with Gasteiger partial charge in [-0.1, -0.05) is 27.7 Å². The van der Waals surface area contributed by atoms with Gasteiger partial charge in [-0.15, -0.1) is 0 Å². The van der Waals surface area contributed by atoms with Gasteiger partial charge in [-0.3, -0.25) is 0 Å². The third kappa shape index (κ3) is 2.00. The zero-order valence-electron chi connectivity index (χ0n) is 14.1. The molecular formula is C18H25NO3. The lowest BCUT2D eigenvalue weighted by molar-refractivity contribution is 0.0597. The van der Waals surface area contributed by atoms with E-state index in [1.807, 2.05) is 6.07 Å². The van der Waals surface area contributed by atoms with Gasteiger partial charge in [-0.2, -0.15) is 0 Å². The van der Waals surface area contributed by atoms with Gasteiger partial charge >= 0.3 is 5.97 Å². The molecule has 2 heterocycles. The number of phenols is 1. The molecule has 0 unspecified atom stereocenters. The molecule has 0 amide bonds. The molecule has 3 rings (SSSR count). The van der Waals surface area contributed by atoms with E-state index in [9.17, 15) is 9.90 Å². The summed E-state index contributed by atoms with van der Waals surface area (Å²) in [6, 6.07) is 1.84. The molecule has 0 spiro atoms. The average Bonchev–Trinajstić information content (AvgIpc) is 2.44. The summed E-state index contributed by atoms with van der Waals surface area (Å²) >= 11 is 0. The first-order valence-corrected chi connectivity index (χ1v) is 7.93. The van der Waals surface area contributed by atoms with Crippen molar-refractivity contribution in [1.29, 1.82) is 0 Å². The van der Waals surface area contributed by atoms with E-state index in [0.717, 1.165) is 42.7 Å². The molecule has 22 heavy (non-hydrogen) atoms. The van der Waals surface area contributed by atoms with Crippen LogP contribution in [0, 0.1) is 0 Å². The van der Waals surface area contributed by atoms with Gasteiger partial charge in [-0.25, -0.2) is 4.79 Å². The summed E-state index contributed by atoms with van der Waals surface area (Å²) in [6.07, 6.45) is 2.02. The Kier molecular flexibility index (Phi) is 3.21. The lowest BCUT2D eigenvalue weighted by atomic mass is 9.68. The van der Waals surface area contributed by atoms with Crippen molar-refractivity contribution in [3.8, 4) is 5.75 Å². The predicted molar refractivity (Wildman–Crippen MR) is 86.9 cm³/mol. The van der Waals surface area contributed by atoms with Gasteiger partial charge in [0.05, 0.1) is 7.11 Å². The molecule has 1 aromatic carbocycles. The quantitative estimate of drug-likeness (QED) is 0.808. The van der Waals surface area contributed by atoms with Crippen molar-refractivity contribution in [2.75, 3.05) is 25.1 Å². The second-order valence-electron chi connectivity index (χ2n) is 7.79. The summed E-state index contributed by atoms with van der Waals surface area (Å²) in [5, 5.41) is 10.8. The number of anilines is 1. The molecule has 0 saturated heterocycles. The molecule has 0 atom stereocenters. The molecule has 0 aliphatic carbocycles. The van der Waals surface area contributed by atoms with E-state index in [4.69, 9.17) is 4.74 Å². The van der Waals surface area contributed by atoms with Crippen LogP contribution in [-0.4, -0.2) is 31.3 Å². The van der Waals surface area contributed by atoms with Crippen LogP contribution in [0.2, 0.25) is 0 Å². The zero-order chi connectivity index (χ0) is 16.3. The molecule has 4 heteroatoms. The highest BCUT2D eigenvalue weighted by molar-refractivity contribution is 5.95. The second-order valence-corrected chi connectivity index (χ2v) is 7.79. The first kappa shape index (κ1) is 15.2. The van der Waals surface area contributed by atoms with E-state index in [-0.39, 0.29) is 16.6 Å². The van der Waals surface area contributed by atoms with Crippen LogP contribution in [0.3, 0.4) is 0 Å². The minimum atomic E-state index is -0.467. The summed E-state index contributed by atoms with van der Waals surface area (Å²) < 4.78 is 4.88. The Labute approximate surface area is 132 Å². The molecule has 0 aromatic heterocycles. The van der Waals surface area contributed by atoms with Crippen molar-refractivity contribution in [1.82, 2.24) is 0 Å². The minimum absolute atomic E-state index is 0.00945. The average molecular weight is 303 g/mol. The van der Waals surface area contributed by atoms with E-state index >= 15 is 0 Å². The molecule has 120 valence electrons. The van der Waals surface area contributed by atoms with E-state index in [1.54, 1.807) is 0 Å². The van der Waals surface area contributed by atoms with Crippen LogP contribution in [0.5, 0.6) is 5.75 Å². The van der Waals surface area contributed by atoms with Crippen LogP contribution in [0.4, 0.5) is 5.69 Å². The number of phenolic OH excluding ortho intramolecular Hbond substituents is 1. The number of ether oxygens (including phenoxy) is 1. The van der Waals surface area contributed by atoms with Gasteiger partial charge in [-0.05, 0) is 35.3 Å². The summed E-state index contributed by atoms with van der Waals surface area (Å²) in [5.74, 6) is -0.371. The molecule has 0 bridgehead atoms. The smallest absolute Gasteiger partial charge is 0.341 e. The van der Waals surface area contributed by atoms with Crippen molar-refractivity contribution in [2.24, 2.45) is 0 Å². The number of aromatic hydroxyl groups is 1. The summed E-state index contributed by atoms with van der Waals surface area (Å²) in [5.41, 5.74) is 3.33. The van der Waals surface area contributed by atoms with Crippen molar-refractivity contribution in [3.05, 3.63) is 22.8 Å². The lowest BCUT2D eigenvalue weighted by Crippen LogP contribution is -2.45. The third-order valence-electron chi connectivity index (χ3n) is 5.41. The number of carbonyl (C=O) groups is 1. The number of rotatable bonds is 1. The summed E-state index contributed by atoms with van der Waals surface area (Å²) in [6.45, 7) is 10.7. The van der Waals surface area contributed by atoms with Crippen molar-refractivity contribution in [3.63, 3.8) is 0 Å². The van der Waals surface area contributed by atoms with Gasteiger partial charge < -0.3 is 14.7 Å². The van der Waals surface area contributed by atoms with Crippen LogP contribution in [0.1, 0.15) is 62.0 Å². The highest BCUT2D eigenvalue weighted by Crippen LogP contribution is 2.53. The van der Waals surface area contributed by atoms with Gasteiger partial charge in [0.15, 0.2) is 0 Å². The lowest BCUT2D eigenvalue weighted by Gasteiger charge is -2.48. The fourth-order valence-corrected chi connectivity index (χ4v) is 3.84. The molecule has 4 nitrogen and oxygen atoms in total. The van der Waals surface area contributed by atoms with Gasteiger partial charge in [0.1, 0.15) is 11.3 Å². The third-order valence-corrected chi connectivity index (χ3v) is 5.41. The maximum absolute atomic E-state index is 12.1. The number of benzene rings is 1. The molecule has 2 aliphatic heterocycles. The van der Waals surface area contributed by atoms with Crippen molar-refractivity contribution < 1.29 is 14.6 Å². The Balaban J connectivity index is 2.37. The summed E-state index contributed by atoms with van der Waals surface area (Å²) in [7, 11) is 1.36. The number of nitrogens with zero attached hydrogens (tertiary/aromatic N) is 1. The van der Waals surface area contributed by atoms with Crippen molar-refractivity contribution >= 4 is 11.7 Å². The normalized spacial score (nSPS) is 21.2. The molecule has 1 aromatic rings. The molecular weight excluding hydrogens is 278 g/mol. The molecule has 0 radical (unpaired) electrons. The Hall–Kier alpha value is -1.71. The standard InChI is InChI=1S/C18H25NO3/c1-17(2)6-8-19-9-7-18(3,4)13-14(19)12(17)10-11(15(13)20)16(21)22-5/h10,20H,6-9H2,1-5H3. The number of carbonyl (C=O) groups excluding carboxylic acids is 1. The second kappa shape index (κ2) is 4.64.